The maximum Gasteiger partial charge on any atom is 0.253 e. The zero-order valence-corrected chi connectivity index (χ0v) is 17.1. The summed E-state index contributed by atoms with van der Waals surface area (Å²) in [5.74, 6) is 0.977. The quantitative estimate of drug-likeness (QED) is 0.793. The molecular formula is C25H30N2O2. The van der Waals surface area contributed by atoms with E-state index in [4.69, 9.17) is 4.74 Å². The smallest absolute Gasteiger partial charge is 0.253 e. The van der Waals surface area contributed by atoms with Crippen molar-refractivity contribution in [3.63, 3.8) is 0 Å². The lowest BCUT2D eigenvalue weighted by Gasteiger charge is -2.36. The highest BCUT2D eigenvalue weighted by atomic mass is 16.5. The van der Waals surface area contributed by atoms with Gasteiger partial charge in [-0.2, -0.15) is 0 Å². The Morgan fingerprint density at radius 3 is 2.24 bits per heavy atom. The Bertz CT molecular complexity index is 842. The number of amides is 1. The van der Waals surface area contributed by atoms with Gasteiger partial charge in [-0.25, -0.2) is 0 Å². The number of fused-ring (bicyclic) bond motifs is 1. The summed E-state index contributed by atoms with van der Waals surface area (Å²) in [4.78, 5) is 17.2. The number of rotatable bonds is 4. The molecule has 0 spiro atoms. The average molecular weight is 391 g/mol. The van der Waals surface area contributed by atoms with Crippen molar-refractivity contribution in [2.45, 2.75) is 50.7 Å². The van der Waals surface area contributed by atoms with Crippen LogP contribution in [0.1, 0.15) is 47.2 Å². The van der Waals surface area contributed by atoms with Gasteiger partial charge in [0.05, 0.1) is 0 Å². The van der Waals surface area contributed by atoms with Gasteiger partial charge in [-0.1, -0.05) is 30.3 Å². The fourth-order valence-corrected chi connectivity index (χ4v) is 5.15. The number of ether oxygens (including phenoxy) is 1. The SMILES string of the molecule is O=C(c1cccc(OC2CCN(C3Cc4ccccc4C3)CC2)c1)N1CCCC1. The Morgan fingerprint density at radius 2 is 1.55 bits per heavy atom. The lowest BCUT2D eigenvalue weighted by molar-refractivity contribution is 0.0761. The number of piperidine rings is 1. The summed E-state index contributed by atoms with van der Waals surface area (Å²) in [6, 6.07) is 17.3. The second kappa shape index (κ2) is 8.19. The molecule has 2 aromatic carbocycles. The van der Waals surface area contributed by atoms with Crippen LogP contribution >= 0.6 is 0 Å². The molecule has 0 atom stereocenters. The molecule has 2 heterocycles. The number of nitrogens with zero attached hydrogens (tertiary/aromatic N) is 2. The van der Waals surface area contributed by atoms with Crippen LogP contribution in [0.15, 0.2) is 48.5 Å². The zero-order chi connectivity index (χ0) is 19.6. The highest BCUT2D eigenvalue weighted by Gasteiger charge is 2.30. The first-order valence-electron chi connectivity index (χ1n) is 11.1. The fraction of sp³-hybridized carbons (Fsp3) is 0.480. The summed E-state index contributed by atoms with van der Waals surface area (Å²) in [6.45, 7) is 3.95. The first-order valence-corrected chi connectivity index (χ1v) is 11.1. The fourth-order valence-electron chi connectivity index (χ4n) is 5.15. The number of likely N-dealkylation sites (tertiary alicyclic amines) is 2. The third-order valence-electron chi connectivity index (χ3n) is 6.80. The van der Waals surface area contributed by atoms with Crippen molar-refractivity contribution < 1.29 is 9.53 Å². The maximum absolute atomic E-state index is 12.6. The Balaban J connectivity index is 1.15. The van der Waals surface area contributed by atoms with Gasteiger partial charge in [0.25, 0.3) is 5.91 Å². The third-order valence-corrected chi connectivity index (χ3v) is 6.80. The molecule has 5 rings (SSSR count). The van der Waals surface area contributed by atoms with Crippen LogP contribution in [-0.2, 0) is 12.8 Å². The van der Waals surface area contributed by atoms with Crippen LogP contribution in [0.5, 0.6) is 5.75 Å². The topological polar surface area (TPSA) is 32.8 Å². The van der Waals surface area contributed by atoms with Gasteiger partial charge in [-0.05, 0) is 67.9 Å². The molecule has 0 radical (unpaired) electrons. The van der Waals surface area contributed by atoms with Gasteiger partial charge in [0.2, 0.25) is 0 Å². The molecule has 29 heavy (non-hydrogen) atoms. The van der Waals surface area contributed by atoms with Crippen molar-refractivity contribution in [2.75, 3.05) is 26.2 Å². The summed E-state index contributed by atoms with van der Waals surface area (Å²) < 4.78 is 6.28. The van der Waals surface area contributed by atoms with Gasteiger partial charge in [0.15, 0.2) is 0 Å². The van der Waals surface area contributed by atoms with Crippen LogP contribution in [-0.4, -0.2) is 54.0 Å². The number of benzene rings is 2. The van der Waals surface area contributed by atoms with E-state index < -0.39 is 0 Å². The molecule has 0 N–H and O–H groups in total. The monoisotopic (exact) mass is 390 g/mol. The molecule has 0 aromatic heterocycles. The lowest BCUT2D eigenvalue weighted by atomic mass is 10.0. The van der Waals surface area contributed by atoms with Crippen LogP contribution in [0, 0.1) is 0 Å². The predicted octanol–water partition coefficient (Wildman–Crippen LogP) is 3.93. The van der Waals surface area contributed by atoms with Crippen molar-refractivity contribution in [3.05, 3.63) is 65.2 Å². The second-order valence-corrected chi connectivity index (χ2v) is 8.71. The molecule has 4 nitrogen and oxygen atoms in total. The summed E-state index contributed by atoms with van der Waals surface area (Å²) in [5, 5.41) is 0. The largest absolute Gasteiger partial charge is 0.490 e. The zero-order valence-electron chi connectivity index (χ0n) is 17.1. The third kappa shape index (κ3) is 4.04. The molecule has 2 aromatic rings. The molecular weight excluding hydrogens is 360 g/mol. The second-order valence-electron chi connectivity index (χ2n) is 8.71. The average Bonchev–Trinajstić information content (AvgIpc) is 3.44. The molecule has 0 saturated carbocycles. The van der Waals surface area contributed by atoms with Gasteiger partial charge in [0, 0.05) is 37.8 Å². The van der Waals surface area contributed by atoms with Crippen molar-refractivity contribution >= 4 is 5.91 Å². The van der Waals surface area contributed by atoms with Gasteiger partial charge in [-0.3, -0.25) is 9.69 Å². The van der Waals surface area contributed by atoms with Gasteiger partial charge >= 0.3 is 0 Å². The minimum absolute atomic E-state index is 0.142. The van der Waals surface area contributed by atoms with E-state index in [2.05, 4.69) is 29.2 Å². The van der Waals surface area contributed by atoms with Crippen molar-refractivity contribution in [1.82, 2.24) is 9.80 Å². The Morgan fingerprint density at radius 1 is 0.862 bits per heavy atom. The van der Waals surface area contributed by atoms with E-state index in [9.17, 15) is 4.79 Å². The predicted molar refractivity (Wildman–Crippen MR) is 114 cm³/mol. The number of carbonyl (C=O) groups is 1. The van der Waals surface area contributed by atoms with Crippen LogP contribution in [0.3, 0.4) is 0 Å². The molecule has 1 aliphatic carbocycles. The molecule has 2 saturated heterocycles. The highest BCUT2D eigenvalue weighted by molar-refractivity contribution is 5.94. The van der Waals surface area contributed by atoms with Gasteiger partial charge in [-0.15, -0.1) is 0 Å². The van der Waals surface area contributed by atoms with E-state index in [0.717, 1.165) is 63.2 Å². The lowest BCUT2D eigenvalue weighted by Crippen LogP contribution is -2.44. The van der Waals surface area contributed by atoms with Crippen molar-refractivity contribution in [1.29, 1.82) is 0 Å². The van der Waals surface area contributed by atoms with Crippen molar-refractivity contribution in [3.8, 4) is 5.75 Å². The van der Waals surface area contributed by atoms with E-state index in [1.807, 2.05) is 29.2 Å². The molecule has 1 amide bonds. The first kappa shape index (κ1) is 18.7. The normalized spacial score (nSPS) is 20.8. The Kier molecular flexibility index (Phi) is 5.28. The minimum Gasteiger partial charge on any atom is -0.490 e. The number of hydrogen-bond acceptors (Lipinski definition) is 3. The van der Waals surface area contributed by atoms with E-state index in [-0.39, 0.29) is 12.0 Å². The number of carbonyl (C=O) groups excluding carboxylic acids is 1. The first-order chi connectivity index (χ1) is 14.3. The summed E-state index contributed by atoms with van der Waals surface area (Å²) in [7, 11) is 0. The Labute approximate surface area is 173 Å². The van der Waals surface area contributed by atoms with Crippen LogP contribution in [0.2, 0.25) is 0 Å². The molecule has 0 bridgehead atoms. The highest BCUT2D eigenvalue weighted by Crippen LogP contribution is 2.28. The molecule has 2 fully saturated rings. The van der Waals surface area contributed by atoms with Gasteiger partial charge in [0.1, 0.15) is 11.9 Å². The Hall–Kier alpha value is -2.33. The summed E-state index contributed by atoms with van der Waals surface area (Å²) >= 11 is 0. The molecule has 3 aliphatic rings. The van der Waals surface area contributed by atoms with Crippen LogP contribution in [0.4, 0.5) is 0 Å². The summed E-state index contributed by atoms with van der Waals surface area (Å²) in [6.07, 6.45) is 6.95. The standard InChI is InChI=1S/C25H30N2O2/c28-25(27-12-3-4-13-27)21-8-5-9-24(18-21)29-23-10-14-26(15-11-23)22-16-19-6-1-2-7-20(19)17-22/h1-2,5-9,18,22-23H,3-4,10-17H2. The van der Waals surface area contributed by atoms with Crippen LogP contribution < -0.4 is 4.74 Å². The molecule has 4 heteroatoms. The van der Waals surface area contributed by atoms with Crippen molar-refractivity contribution in [2.24, 2.45) is 0 Å². The maximum atomic E-state index is 12.6. The number of hydrogen-bond donors (Lipinski definition) is 0. The minimum atomic E-state index is 0.142. The molecule has 2 aliphatic heterocycles. The van der Waals surface area contributed by atoms with E-state index >= 15 is 0 Å². The van der Waals surface area contributed by atoms with E-state index in [1.54, 1.807) is 0 Å². The van der Waals surface area contributed by atoms with Gasteiger partial charge < -0.3 is 9.64 Å². The van der Waals surface area contributed by atoms with E-state index in [0.29, 0.717) is 6.04 Å². The summed E-state index contributed by atoms with van der Waals surface area (Å²) in [5.41, 5.74) is 3.80. The molecule has 152 valence electrons. The van der Waals surface area contributed by atoms with E-state index in [1.165, 1.54) is 24.0 Å². The molecule has 0 unspecified atom stereocenters. The van der Waals surface area contributed by atoms with Crippen LogP contribution in [0.25, 0.3) is 0 Å².